The van der Waals surface area contributed by atoms with Crippen LogP contribution in [-0.4, -0.2) is 46.4 Å². The Morgan fingerprint density at radius 2 is 1.63 bits per heavy atom. The Morgan fingerprint density at radius 3 is 2.22 bits per heavy atom. The minimum Gasteiger partial charge on any atom is -0.478 e. The van der Waals surface area contributed by atoms with Crippen molar-refractivity contribution in [3.63, 3.8) is 0 Å². The molecule has 4 aliphatic carbocycles. The molecule has 7 heteroatoms. The summed E-state index contributed by atoms with van der Waals surface area (Å²) >= 11 is 0. The first-order valence-corrected chi connectivity index (χ1v) is 15.6. The third kappa shape index (κ3) is 4.98. The molecule has 2 saturated carbocycles. The van der Waals surface area contributed by atoms with Crippen LogP contribution in [0.1, 0.15) is 114 Å². The molecule has 0 aromatic carbocycles. The number of aliphatic hydroxyl groups excluding tert-OH is 1. The number of carbonyl (C=O) groups is 3. The molecule has 0 radical (unpaired) electrons. The molecular formula is C34H52O7. The summed E-state index contributed by atoms with van der Waals surface area (Å²) in [5.41, 5.74) is 1.68. The molecule has 0 aliphatic heterocycles. The lowest BCUT2D eigenvalue weighted by Crippen LogP contribution is -2.60. The number of fused-ring (bicyclic) bond motifs is 4. The maximum atomic E-state index is 12.5. The molecule has 7 nitrogen and oxygen atoms in total. The third-order valence-electron chi connectivity index (χ3n) is 12.5. The number of hydrogen-bond acceptors (Lipinski definition) is 6. The van der Waals surface area contributed by atoms with E-state index >= 15 is 0 Å². The topological polar surface area (TPSA) is 110 Å². The Labute approximate surface area is 246 Å². The number of aliphatic carboxylic acids is 1. The van der Waals surface area contributed by atoms with Crippen molar-refractivity contribution in [1.29, 1.82) is 0 Å². The Kier molecular flexibility index (Phi) is 8.40. The van der Waals surface area contributed by atoms with E-state index in [1.54, 1.807) is 13.0 Å². The van der Waals surface area contributed by atoms with Crippen LogP contribution in [0.25, 0.3) is 0 Å². The molecule has 0 spiro atoms. The van der Waals surface area contributed by atoms with Gasteiger partial charge in [0.15, 0.2) is 0 Å². The second kappa shape index (κ2) is 10.8. The lowest BCUT2D eigenvalue weighted by molar-refractivity contribution is -0.173. The summed E-state index contributed by atoms with van der Waals surface area (Å²) in [6.45, 7) is 18.1. The highest BCUT2D eigenvalue weighted by Crippen LogP contribution is 2.73. The van der Waals surface area contributed by atoms with Gasteiger partial charge in [-0.05, 0) is 92.4 Å². The van der Waals surface area contributed by atoms with Crippen LogP contribution >= 0.6 is 0 Å². The fraction of sp³-hybridized carbons (Fsp3) is 0.794. The Hall–Kier alpha value is -2.15. The van der Waals surface area contributed by atoms with Crippen molar-refractivity contribution in [3.05, 3.63) is 22.8 Å². The van der Waals surface area contributed by atoms with E-state index in [1.165, 1.54) is 19.4 Å². The minimum absolute atomic E-state index is 0.140. The number of ether oxygens (including phenoxy) is 2. The van der Waals surface area contributed by atoms with Gasteiger partial charge in [-0.3, -0.25) is 9.59 Å². The largest absolute Gasteiger partial charge is 0.478 e. The van der Waals surface area contributed by atoms with Crippen LogP contribution in [0.4, 0.5) is 0 Å². The van der Waals surface area contributed by atoms with E-state index in [4.69, 9.17) is 9.47 Å². The number of carboxylic acids is 1. The third-order valence-corrected chi connectivity index (χ3v) is 12.5. The maximum absolute atomic E-state index is 12.5. The highest BCUT2D eigenvalue weighted by molar-refractivity contribution is 5.85. The van der Waals surface area contributed by atoms with Gasteiger partial charge in [-0.1, -0.05) is 53.2 Å². The van der Waals surface area contributed by atoms with Gasteiger partial charge in [0.25, 0.3) is 0 Å². The quantitative estimate of drug-likeness (QED) is 0.200. The van der Waals surface area contributed by atoms with E-state index < -0.39 is 23.6 Å². The van der Waals surface area contributed by atoms with Crippen LogP contribution in [0.15, 0.2) is 22.8 Å². The van der Waals surface area contributed by atoms with Crippen LogP contribution in [0.5, 0.6) is 0 Å². The highest BCUT2D eigenvalue weighted by atomic mass is 16.5. The van der Waals surface area contributed by atoms with Gasteiger partial charge in [0, 0.05) is 30.3 Å². The van der Waals surface area contributed by atoms with Crippen LogP contribution < -0.4 is 0 Å². The summed E-state index contributed by atoms with van der Waals surface area (Å²) in [4.78, 5) is 35.8. The second-order valence-electron chi connectivity index (χ2n) is 14.9. The average Bonchev–Trinajstić information content (AvgIpc) is 3.07. The van der Waals surface area contributed by atoms with E-state index in [-0.39, 0.29) is 46.1 Å². The number of hydrogen-bond donors (Lipinski definition) is 2. The normalized spacial score (nSPS) is 40.6. The first kappa shape index (κ1) is 31.8. The summed E-state index contributed by atoms with van der Waals surface area (Å²) in [5.74, 6) is -0.747. The summed E-state index contributed by atoms with van der Waals surface area (Å²) in [7, 11) is 0. The van der Waals surface area contributed by atoms with Gasteiger partial charge in [0.05, 0.1) is 6.10 Å². The number of esters is 2. The van der Waals surface area contributed by atoms with Crippen molar-refractivity contribution in [3.8, 4) is 0 Å². The van der Waals surface area contributed by atoms with E-state index in [0.717, 1.165) is 37.7 Å². The summed E-state index contributed by atoms with van der Waals surface area (Å²) in [6, 6.07) is 0. The van der Waals surface area contributed by atoms with E-state index in [2.05, 4.69) is 41.5 Å². The van der Waals surface area contributed by atoms with Crippen molar-refractivity contribution >= 4 is 17.9 Å². The van der Waals surface area contributed by atoms with Crippen LogP contribution in [0.2, 0.25) is 0 Å². The molecule has 0 aromatic rings. The molecule has 230 valence electrons. The molecule has 0 bridgehead atoms. The van der Waals surface area contributed by atoms with Gasteiger partial charge >= 0.3 is 17.9 Å². The zero-order valence-electron chi connectivity index (χ0n) is 26.6. The number of rotatable bonds is 7. The van der Waals surface area contributed by atoms with Crippen molar-refractivity contribution in [2.75, 3.05) is 0 Å². The fourth-order valence-corrected chi connectivity index (χ4v) is 10.1. The molecule has 0 heterocycles. The molecule has 9 atom stereocenters. The van der Waals surface area contributed by atoms with Crippen LogP contribution in [0.3, 0.4) is 0 Å². The van der Waals surface area contributed by atoms with Gasteiger partial charge in [-0.15, -0.1) is 0 Å². The molecule has 2 N–H and O–H groups in total. The first-order valence-electron chi connectivity index (χ1n) is 15.6. The van der Waals surface area contributed by atoms with E-state index in [0.29, 0.717) is 30.8 Å². The van der Waals surface area contributed by atoms with E-state index in [1.807, 2.05) is 0 Å². The van der Waals surface area contributed by atoms with Gasteiger partial charge in [0.2, 0.25) is 0 Å². The number of carbonyl (C=O) groups excluding carboxylic acids is 2. The SMILES string of the molecule is CC(=O)O[C@@H]1CC2C(C)(C)[C@H](OC(C)=O)CC[C@]2(C)C2=C1[C@]1(C)[C@@H](O)C[C@H]([C@H](C)CC/C=C(\C)C(=O)O)[C@@]1(C)CC2. The second-order valence-corrected chi connectivity index (χ2v) is 14.9. The van der Waals surface area contributed by atoms with Crippen molar-refractivity contribution in [1.82, 2.24) is 0 Å². The smallest absolute Gasteiger partial charge is 0.330 e. The van der Waals surface area contributed by atoms with Crippen molar-refractivity contribution < 1.29 is 34.1 Å². The van der Waals surface area contributed by atoms with Crippen molar-refractivity contribution in [2.45, 2.75) is 132 Å². The number of carboxylic acid groups (broad SMARTS) is 1. The van der Waals surface area contributed by atoms with Crippen molar-refractivity contribution in [2.24, 2.45) is 39.4 Å². The lowest BCUT2D eigenvalue weighted by Gasteiger charge is -2.63. The van der Waals surface area contributed by atoms with Gasteiger partial charge in [0.1, 0.15) is 12.2 Å². The van der Waals surface area contributed by atoms with Crippen LogP contribution in [0, 0.1) is 39.4 Å². The molecule has 4 aliphatic rings. The zero-order chi connectivity index (χ0) is 30.7. The highest BCUT2D eigenvalue weighted by Gasteiger charge is 2.68. The zero-order valence-corrected chi connectivity index (χ0v) is 26.6. The number of allylic oxidation sites excluding steroid dienone is 2. The Morgan fingerprint density at radius 1 is 1.00 bits per heavy atom. The van der Waals surface area contributed by atoms with Gasteiger partial charge in [-0.25, -0.2) is 4.79 Å². The van der Waals surface area contributed by atoms with Gasteiger partial charge < -0.3 is 19.7 Å². The fourth-order valence-electron chi connectivity index (χ4n) is 10.1. The van der Waals surface area contributed by atoms with Gasteiger partial charge in [-0.2, -0.15) is 0 Å². The van der Waals surface area contributed by atoms with Crippen LogP contribution in [-0.2, 0) is 23.9 Å². The summed E-state index contributed by atoms with van der Waals surface area (Å²) in [5, 5.41) is 21.2. The molecule has 1 unspecified atom stereocenters. The lowest BCUT2D eigenvalue weighted by atomic mass is 9.42. The summed E-state index contributed by atoms with van der Waals surface area (Å²) < 4.78 is 12.0. The predicted octanol–water partition coefficient (Wildman–Crippen LogP) is 6.63. The standard InChI is InChI=1S/C34H52O7/c1-19(11-10-12-20(2)30(38)39)24-17-27(37)34(9)29-23(13-16-33(24,34)8)32(7)15-14-28(41-22(4)36)31(5,6)26(32)18-25(29)40-21(3)35/h12,19,24-28,37H,10-11,13-18H2,1-9H3,(H,38,39)/b20-12+/t19-,24-,25-,26?,27+,28-,32-,33-,34+/m1/s1. The first-order chi connectivity index (χ1) is 18.9. The molecular weight excluding hydrogens is 520 g/mol. The molecule has 41 heavy (non-hydrogen) atoms. The average molecular weight is 573 g/mol. The molecule has 4 rings (SSSR count). The Bertz CT molecular complexity index is 1150. The monoisotopic (exact) mass is 572 g/mol. The molecule has 0 saturated heterocycles. The Balaban J connectivity index is 1.76. The molecule has 0 amide bonds. The molecule has 2 fully saturated rings. The predicted molar refractivity (Wildman–Crippen MR) is 157 cm³/mol. The van der Waals surface area contributed by atoms with E-state index in [9.17, 15) is 24.6 Å². The molecule has 0 aromatic heterocycles. The number of aliphatic hydroxyl groups is 1. The maximum Gasteiger partial charge on any atom is 0.330 e. The summed E-state index contributed by atoms with van der Waals surface area (Å²) in [6.07, 6.45) is 7.03. The minimum atomic E-state index is -0.883.